The third kappa shape index (κ3) is 4.52. The molecule has 0 bridgehead atoms. The predicted octanol–water partition coefficient (Wildman–Crippen LogP) is 7.16. The molecule has 1 aliphatic rings. The number of hydrogen-bond acceptors (Lipinski definition) is 4. The molecule has 3 aromatic carbocycles. The topological polar surface area (TPSA) is 59.4 Å². The zero-order valence-electron chi connectivity index (χ0n) is 18.9. The van der Waals surface area contributed by atoms with Crippen molar-refractivity contribution < 1.29 is 14.6 Å². The molecule has 1 aliphatic carbocycles. The van der Waals surface area contributed by atoms with E-state index in [0.717, 1.165) is 46.9 Å². The Labute approximate surface area is 202 Å². The normalized spacial score (nSPS) is 14.7. The van der Waals surface area contributed by atoms with Crippen molar-refractivity contribution in [1.29, 1.82) is 0 Å². The summed E-state index contributed by atoms with van der Waals surface area (Å²) in [7, 11) is 1.70. The quantitative estimate of drug-likeness (QED) is 0.231. The maximum Gasteiger partial charge on any atom is 0.328 e. The third-order valence-corrected chi connectivity index (χ3v) is 7.21. The van der Waals surface area contributed by atoms with Gasteiger partial charge in [0.05, 0.1) is 22.8 Å². The van der Waals surface area contributed by atoms with Gasteiger partial charge in [-0.05, 0) is 82.5 Å². The van der Waals surface area contributed by atoms with Crippen molar-refractivity contribution in [3.63, 3.8) is 0 Å². The number of fused-ring (bicyclic) bond motifs is 1. The highest BCUT2D eigenvalue weighted by Gasteiger charge is 2.27. The lowest BCUT2D eigenvalue weighted by atomic mass is 9.73. The average Bonchev–Trinajstić information content (AvgIpc) is 3.30. The second-order valence-electron chi connectivity index (χ2n) is 8.48. The van der Waals surface area contributed by atoms with Crippen LogP contribution in [0.1, 0.15) is 41.5 Å². The number of carbonyl (C=O) groups is 1. The molecule has 4 nitrogen and oxygen atoms in total. The number of nitrogens with zero attached hydrogens (tertiary/aromatic N) is 1. The van der Waals surface area contributed by atoms with E-state index in [1.165, 1.54) is 27.8 Å². The van der Waals surface area contributed by atoms with Gasteiger partial charge in [0.15, 0.2) is 0 Å². The first-order valence-corrected chi connectivity index (χ1v) is 12.2. The zero-order valence-corrected chi connectivity index (χ0v) is 19.7. The summed E-state index contributed by atoms with van der Waals surface area (Å²) in [6, 6.07) is 22.9. The number of carboxylic acids is 1. The Balaban J connectivity index is 1.73. The highest BCUT2D eigenvalue weighted by atomic mass is 32.1. The molecule has 1 saturated carbocycles. The number of carboxylic acid groups (broad SMARTS) is 1. The Morgan fingerprint density at radius 3 is 2.53 bits per heavy atom. The van der Waals surface area contributed by atoms with Crippen LogP contribution in [0, 0.1) is 5.92 Å². The van der Waals surface area contributed by atoms with Gasteiger partial charge in [-0.15, -0.1) is 11.3 Å². The average molecular weight is 468 g/mol. The first-order chi connectivity index (χ1) is 16.6. The van der Waals surface area contributed by atoms with Gasteiger partial charge in [-0.2, -0.15) is 0 Å². The number of ether oxygens (including phenoxy) is 1. The standard InChI is InChI=1S/C29H25NO3S/c1-33-24-7-3-6-22(16-24)28(20-4-2-5-20)29(23-13-14-26-25(17-23)30-18-34-26)21-11-8-19(9-12-21)10-15-27(31)32/h3,6-18,20H,2,4-5H2,1H3,(H,31,32). The molecule has 0 radical (unpaired) electrons. The number of aromatic nitrogens is 1. The Morgan fingerprint density at radius 1 is 1.03 bits per heavy atom. The number of rotatable bonds is 7. The third-order valence-electron chi connectivity index (χ3n) is 6.40. The first kappa shape index (κ1) is 22.1. The van der Waals surface area contributed by atoms with Crippen molar-refractivity contribution >= 4 is 44.7 Å². The number of benzene rings is 3. The van der Waals surface area contributed by atoms with E-state index < -0.39 is 5.97 Å². The van der Waals surface area contributed by atoms with E-state index in [2.05, 4.69) is 47.4 Å². The molecule has 0 atom stereocenters. The molecule has 5 rings (SSSR count). The molecule has 5 heteroatoms. The van der Waals surface area contributed by atoms with Crippen LogP contribution in [-0.2, 0) is 4.79 Å². The highest BCUT2D eigenvalue weighted by molar-refractivity contribution is 7.16. The van der Waals surface area contributed by atoms with E-state index in [1.54, 1.807) is 24.5 Å². The summed E-state index contributed by atoms with van der Waals surface area (Å²) in [5.41, 5.74) is 9.67. The van der Waals surface area contributed by atoms with Gasteiger partial charge in [0.25, 0.3) is 0 Å². The molecule has 1 fully saturated rings. The van der Waals surface area contributed by atoms with Gasteiger partial charge in [-0.1, -0.05) is 48.9 Å². The van der Waals surface area contributed by atoms with E-state index in [0.29, 0.717) is 5.92 Å². The van der Waals surface area contributed by atoms with Crippen molar-refractivity contribution in [2.75, 3.05) is 7.11 Å². The number of aliphatic carboxylic acids is 1. The molecule has 0 amide bonds. The Bertz CT molecular complexity index is 1390. The maximum absolute atomic E-state index is 10.9. The smallest absolute Gasteiger partial charge is 0.328 e. The summed E-state index contributed by atoms with van der Waals surface area (Å²) >= 11 is 1.65. The molecular weight excluding hydrogens is 442 g/mol. The maximum atomic E-state index is 10.9. The number of hydrogen-bond donors (Lipinski definition) is 1. The van der Waals surface area contributed by atoms with Gasteiger partial charge < -0.3 is 9.84 Å². The second kappa shape index (κ2) is 9.65. The number of methoxy groups -OCH3 is 1. The second-order valence-corrected chi connectivity index (χ2v) is 9.36. The summed E-state index contributed by atoms with van der Waals surface area (Å²) in [6.45, 7) is 0. The van der Waals surface area contributed by atoms with Crippen molar-refractivity contribution in [1.82, 2.24) is 4.98 Å². The van der Waals surface area contributed by atoms with Crippen molar-refractivity contribution in [2.45, 2.75) is 19.3 Å². The molecule has 1 N–H and O–H groups in total. The Morgan fingerprint density at radius 2 is 1.82 bits per heavy atom. The van der Waals surface area contributed by atoms with E-state index >= 15 is 0 Å². The van der Waals surface area contributed by atoms with Crippen LogP contribution in [-0.4, -0.2) is 23.2 Å². The molecule has 0 spiro atoms. The Hall–Kier alpha value is -3.70. The molecule has 170 valence electrons. The lowest BCUT2D eigenvalue weighted by molar-refractivity contribution is -0.131. The predicted molar refractivity (Wildman–Crippen MR) is 139 cm³/mol. The molecule has 1 aromatic heterocycles. The molecule has 0 saturated heterocycles. The molecule has 4 aromatic rings. The van der Waals surface area contributed by atoms with Crippen LogP contribution >= 0.6 is 11.3 Å². The van der Waals surface area contributed by atoms with E-state index in [1.807, 2.05) is 29.8 Å². The van der Waals surface area contributed by atoms with Gasteiger partial charge in [-0.3, -0.25) is 0 Å². The minimum atomic E-state index is -0.952. The molecule has 0 aliphatic heterocycles. The summed E-state index contributed by atoms with van der Waals surface area (Å²) in [5, 5.41) is 8.96. The van der Waals surface area contributed by atoms with Crippen LogP contribution < -0.4 is 4.74 Å². The van der Waals surface area contributed by atoms with Crippen LogP contribution in [0.25, 0.3) is 27.4 Å². The monoisotopic (exact) mass is 467 g/mol. The van der Waals surface area contributed by atoms with Gasteiger partial charge >= 0.3 is 5.97 Å². The summed E-state index contributed by atoms with van der Waals surface area (Å²) < 4.78 is 6.72. The lowest BCUT2D eigenvalue weighted by Crippen LogP contribution is -2.15. The van der Waals surface area contributed by atoms with Crippen LogP contribution in [0.15, 0.2) is 78.3 Å². The van der Waals surface area contributed by atoms with Crippen LogP contribution in [0.4, 0.5) is 0 Å². The van der Waals surface area contributed by atoms with Crippen molar-refractivity contribution in [2.24, 2.45) is 5.92 Å². The molecule has 34 heavy (non-hydrogen) atoms. The van der Waals surface area contributed by atoms with Crippen LogP contribution in [0.3, 0.4) is 0 Å². The van der Waals surface area contributed by atoms with Crippen LogP contribution in [0.2, 0.25) is 0 Å². The summed E-state index contributed by atoms with van der Waals surface area (Å²) in [4.78, 5) is 15.5. The highest BCUT2D eigenvalue weighted by Crippen LogP contribution is 2.46. The van der Waals surface area contributed by atoms with Crippen LogP contribution in [0.5, 0.6) is 5.75 Å². The minimum Gasteiger partial charge on any atom is -0.497 e. The number of thiazole rings is 1. The van der Waals surface area contributed by atoms with E-state index in [9.17, 15) is 4.79 Å². The van der Waals surface area contributed by atoms with Crippen molar-refractivity contribution in [3.8, 4) is 5.75 Å². The molecule has 1 heterocycles. The van der Waals surface area contributed by atoms with Gasteiger partial charge in [-0.25, -0.2) is 9.78 Å². The van der Waals surface area contributed by atoms with Gasteiger partial charge in [0.2, 0.25) is 0 Å². The van der Waals surface area contributed by atoms with E-state index in [4.69, 9.17) is 9.84 Å². The fraction of sp³-hybridized carbons (Fsp3) is 0.172. The van der Waals surface area contributed by atoms with Gasteiger partial charge in [0.1, 0.15) is 5.75 Å². The first-order valence-electron chi connectivity index (χ1n) is 11.4. The van der Waals surface area contributed by atoms with E-state index in [-0.39, 0.29) is 0 Å². The molecule has 0 unspecified atom stereocenters. The zero-order chi connectivity index (χ0) is 23.5. The molecular formula is C29H25NO3S. The lowest BCUT2D eigenvalue weighted by Gasteiger charge is -2.32. The fourth-order valence-corrected chi connectivity index (χ4v) is 5.15. The summed E-state index contributed by atoms with van der Waals surface area (Å²) in [5.74, 6) is 0.365. The number of allylic oxidation sites excluding steroid dienone is 1. The Kier molecular flexibility index (Phi) is 6.28. The minimum absolute atomic E-state index is 0.472. The largest absolute Gasteiger partial charge is 0.497 e. The summed E-state index contributed by atoms with van der Waals surface area (Å²) in [6.07, 6.45) is 6.34. The van der Waals surface area contributed by atoms with Crippen molar-refractivity contribution in [3.05, 3.63) is 101 Å². The van der Waals surface area contributed by atoms with Gasteiger partial charge in [0, 0.05) is 6.08 Å². The SMILES string of the molecule is COc1cccc(C(=C(c2ccc(C=CC(=O)O)cc2)c2ccc3scnc3c2)C2CCC2)c1. The fourth-order valence-electron chi connectivity index (χ4n) is 4.49.